The summed E-state index contributed by atoms with van der Waals surface area (Å²) >= 11 is 0. The van der Waals surface area contributed by atoms with Gasteiger partial charge in [-0.15, -0.1) is 0 Å². The second-order valence-corrected chi connectivity index (χ2v) is 9.73. The van der Waals surface area contributed by atoms with Crippen LogP contribution in [0.15, 0.2) is 58.5 Å². The zero-order valence-electron chi connectivity index (χ0n) is 19.2. The highest BCUT2D eigenvalue weighted by Crippen LogP contribution is 2.31. The maximum atomic E-state index is 13.5. The van der Waals surface area contributed by atoms with E-state index in [1.165, 1.54) is 32.4 Å². The number of carbonyl (C=O) groups is 1. The molecule has 0 spiro atoms. The van der Waals surface area contributed by atoms with Crippen LogP contribution in [0.1, 0.15) is 18.4 Å². The largest absolute Gasteiger partial charge is 0.493 e. The molecule has 1 fully saturated rings. The summed E-state index contributed by atoms with van der Waals surface area (Å²) in [6.07, 6.45) is 1.54. The minimum absolute atomic E-state index is 0.00510. The molecule has 1 aliphatic heterocycles. The lowest BCUT2D eigenvalue weighted by molar-refractivity contribution is -0.121. The molecular weight excluding hydrogens is 444 g/mol. The van der Waals surface area contributed by atoms with E-state index in [1.807, 2.05) is 37.4 Å². The fourth-order valence-electron chi connectivity index (χ4n) is 3.46. The molecule has 33 heavy (non-hydrogen) atoms. The van der Waals surface area contributed by atoms with Crippen LogP contribution in [0.5, 0.6) is 11.5 Å². The van der Waals surface area contributed by atoms with Crippen LogP contribution in [0.4, 0.5) is 0 Å². The van der Waals surface area contributed by atoms with Crippen molar-refractivity contribution in [2.24, 2.45) is 5.10 Å². The number of ether oxygens (including phenoxy) is 2. The Labute approximate surface area is 195 Å². The lowest BCUT2D eigenvalue weighted by Gasteiger charge is -2.23. The van der Waals surface area contributed by atoms with E-state index in [-0.39, 0.29) is 23.7 Å². The summed E-state index contributed by atoms with van der Waals surface area (Å²) in [6.45, 7) is 1.42. The molecule has 0 saturated carbocycles. The molecule has 0 aliphatic carbocycles. The number of piperidine rings is 1. The highest BCUT2D eigenvalue weighted by atomic mass is 32.2. The van der Waals surface area contributed by atoms with Gasteiger partial charge < -0.3 is 14.4 Å². The molecule has 0 radical (unpaired) electrons. The average Bonchev–Trinajstić information content (AvgIpc) is 2.83. The third-order valence-electron chi connectivity index (χ3n) is 5.42. The molecule has 2 aromatic rings. The quantitative estimate of drug-likeness (QED) is 0.559. The van der Waals surface area contributed by atoms with Crippen molar-refractivity contribution in [2.75, 3.05) is 40.9 Å². The maximum absolute atomic E-state index is 13.5. The molecule has 1 saturated heterocycles. The van der Waals surface area contributed by atoms with Crippen molar-refractivity contribution in [3.63, 3.8) is 0 Å². The second-order valence-electron chi connectivity index (χ2n) is 7.79. The van der Waals surface area contributed by atoms with Gasteiger partial charge in [0.05, 0.1) is 25.7 Å². The monoisotopic (exact) mass is 474 g/mol. The van der Waals surface area contributed by atoms with E-state index < -0.39 is 15.9 Å². The standard InChI is InChI=1S/C23H30N4O5S/c1-26-13-11-19(12-14-26)24-25-23(28)17-27(16-18-7-5-4-6-8-18)33(29,30)20-9-10-21(31-2)22(15-20)32-3/h4-10,15H,11-14,16-17H2,1-3H3,(H,25,28). The first kappa shape index (κ1) is 24.7. The number of nitrogens with one attached hydrogen (secondary N) is 1. The van der Waals surface area contributed by atoms with Crippen molar-refractivity contribution in [1.29, 1.82) is 0 Å². The summed E-state index contributed by atoms with van der Waals surface area (Å²) in [5, 5.41) is 4.21. The van der Waals surface area contributed by atoms with Crippen LogP contribution < -0.4 is 14.9 Å². The van der Waals surface area contributed by atoms with Gasteiger partial charge in [-0.25, -0.2) is 13.8 Å². The van der Waals surface area contributed by atoms with E-state index in [4.69, 9.17) is 9.47 Å². The van der Waals surface area contributed by atoms with Crippen molar-refractivity contribution >= 4 is 21.6 Å². The van der Waals surface area contributed by atoms with Crippen LogP contribution in [0, 0.1) is 0 Å². The lowest BCUT2D eigenvalue weighted by Crippen LogP contribution is -2.39. The Morgan fingerprint density at radius 2 is 1.73 bits per heavy atom. The molecule has 1 aliphatic rings. The molecule has 0 bridgehead atoms. The van der Waals surface area contributed by atoms with Gasteiger partial charge in [0.15, 0.2) is 11.5 Å². The van der Waals surface area contributed by atoms with Crippen LogP contribution in [0.3, 0.4) is 0 Å². The number of hydrazone groups is 1. The molecule has 0 unspecified atom stereocenters. The third-order valence-corrected chi connectivity index (χ3v) is 7.21. The van der Waals surface area contributed by atoms with Crippen molar-refractivity contribution in [3.05, 3.63) is 54.1 Å². The zero-order chi connectivity index (χ0) is 23.8. The molecule has 0 atom stereocenters. The molecular formula is C23H30N4O5S. The van der Waals surface area contributed by atoms with Gasteiger partial charge in [0.25, 0.3) is 5.91 Å². The van der Waals surface area contributed by atoms with Crippen LogP contribution in [0.2, 0.25) is 0 Å². The third kappa shape index (κ3) is 6.53. The fourth-order valence-corrected chi connectivity index (χ4v) is 4.86. The van der Waals surface area contributed by atoms with Gasteiger partial charge in [0.1, 0.15) is 0 Å². The Kier molecular flexibility index (Phi) is 8.43. The fraction of sp³-hybridized carbons (Fsp3) is 0.391. The molecule has 1 N–H and O–H groups in total. The van der Waals surface area contributed by atoms with E-state index in [9.17, 15) is 13.2 Å². The molecule has 178 valence electrons. The van der Waals surface area contributed by atoms with Crippen molar-refractivity contribution in [2.45, 2.75) is 24.3 Å². The number of carbonyl (C=O) groups excluding carboxylic acids is 1. The van der Waals surface area contributed by atoms with Gasteiger partial charge in [-0.3, -0.25) is 4.79 Å². The number of benzene rings is 2. The number of amides is 1. The van der Waals surface area contributed by atoms with Gasteiger partial charge in [0, 0.05) is 44.3 Å². The second kappa shape index (κ2) is 11.3. The van der Waals surface area contributed by atoms with Crippen molar-refractivity contribution in [1.82, 2.24) is 14.6 Å². The minimum atomic E-state index is -4.02. The summed E-state index contributed by atoms with van der Waals surface area (Å²) in [7, 11) is 0.929. The molecule has 1 heterocycles. The molecule has 9 nitrogen and oxygen atoms in total. The Morgan fingerprint density at radius 1 is 1.06 bits per heavy atom. The van der Waals surface area contributed by atoms with Gasteiger partial charge in [-0.05, 0) is 24.7 Å². The number of hydrogen-bond donors (Lipinski definition) is 1. The maximum Gasteiger partial charge on any atom is 0.255 e. The first-order chi connectivity index (χ1) is 15.8. The number of likely N-dealkylation sites (tertiary alicyclic amines) is 1. The van der Waals surface area contributed by atoms with Gasteiger partial charge >= 0.3 is 0 Å². The summed E-state index contributed by atoms with van der Waals surface area (Å²) in [5.41, 5.74) is 4.19. The van der Waals surface area contributed by atoms with Crippen LogP contribution in [-0.4, -0.2) is 70.1 Å². The summed E-state index contributed by atoms with van der Waals surface area (Å²) in [5.74, 6) is 0.204. The Balaban J connectivity index is 1.83. The predicted molar refractivity (Wildman–Crippen MR) is 126 cm³/mol. The minimum Gasteiger partial charge on any atom is -0.493 e. The molecule has 10 heteroatoms. The molecule has 0 aromatic heterocycles. The van der Waals surface area contributed by atoms with Crippen LogP contribution in [0.25, 0.3) is 0 Å². The van der Waals surface area contributed by atoms with Crippen LogP contribution >= 0.6 is 0 Å². The summed E-state index contributed by atoms with van der Waals surface area (Å²) in [6, 6.07) is 13.5. The number of methoxy groups -OCH3 is 2. The highest BCUT2D eigenvalue weighted by Gasteiger charge is 2.28. The number of rotatable bonds is 9. The van der Waals surface area contributed by atoms with Gasteiger partial charge in [-0.1, -0.05) is 30.3 Å². The van der Waals surface area contributed by atoms with E-state index in [2.05, 4.69) is 15.4 Å². The lowest BCUT2D eigenvalue weighted by atomic mass is 10.1. The zero-order valence-corrected chi connectivity index (χ0v) is 20.0. The Morgan fingerprint density at radius 3 is 2.36 bits per heavy atom. The van der Waals surface area contributed by atoms with Crippen molar-refractivity contribution < 1.29 is 22.7 Å². The highest BCUT2D eigenvalue weighted by molar-refractivity contribution is 7.89. The topological polar surface area (TPSA) is 101 Å². The van der Waals surface area contributed by atoms with E-state index in [1.54, 1.807) is 0 Å². The van der Waals surface area contributed by atoms with E-state index >= 15 is 0 Å². The number of sulfonamides is 1. The van der Waals surface area contributed by atoms with Crippen molar-refractivity contribution in [3.8, 4) is 11.5 Å². The van der Waals surface area contributed by atoms with E-state index in [0.717, 1.165) is 41.5 Å². The summed E-state index contributed by atoms with van der Waals surface area (Å²) < 4.78 is 38.6. The van der Waals surface area contributed by atoms with Gasteiger partial charge in [-0.2, -0.15) is 9.41 Å². The first-order valence-corrected chi connectivity index (χ1v) is 12.1. The molecule has 2 aromatic carbocycles. The van der Waals surface area contributed by atoms with Gasteiger partial charge in [0.2, 0.25) is 10.0 Å². The number of nitrogens with zero attached hydrogens (tertiary/aromatic N) is 3. The smallest absolute Gasteiger partial charge is 0.255 e. The van der Waals surface area contributed by atoms with Crippen LogP contribution in [-0.2, 0) is 21.4 Å². The van der Waals surface area contributed by atoms with E-state index in [0.29, 0.717) is 5.75 Å². The first-order valence-electron chi connectivity index (χ1n) is 10.6. The SMILES string of the molecule is COc1ccc(S(=O)(=O)N(CC(=O)NN=C2CCN(C)CC2)Cc2ccccc2)cc1OC. The molecule has 1 amide bonds. The Hall–Kier alpha value is -2.95. The summed E-state index contributed by atoms with van der Waals surface area (Å²) in [4.78, 5) is 14.9. The average molecular weight is 475 g/mol. The number of hydrogen-bond acceptors (Lipinski definition) is 7. The Bertz CT molecular complexity index is 1080. The predicted octanol–water partition coefficient (Wildman–Crippen LogP) is 2.09. The normalized spacial score (nSPS) is 14.7. The molecule has 3 rings (SSSR count).